The van der Waals surface area contributed by atoms with E-state index in [-0.39, 0.29) is 6.04 Å². The third kappa shape index (κ3) is 2.67. The molecule has 2 aromatic rings. The number of aryl methyl sites for hydroxylation is 1. The van der Waals surface area contributed by atoms with Crippen molar-refractivity contribution in [3.05, 3.63) is 59.4 Å². The quantitative estimate of drug-likeness (QED) is 0.636. The monoisotopic (exact) mass is 243 g/mol. The maximum Gasteiger partial charge on any atom is 0.118 e. The number of aromatic nitrogens is 1. The highest BCUT2D eigenvalue weighted by molar-refractivity contribution is 5.34. The molecule has 4 heteroatoms. The van der Waals surface area contributed by atoms with E-state index < -0.39 is 0 Å². The van der Waals surface area contributed by atoms with E-state index in [1.807, 2.05) is 49.5 Å². The number of hydrogen-bond acceptors (Lipinski definition) is 4. The van der Waals surface area contributed by atoms with Gasteiger partial charge in [0.1, 0.15) is 5.75 Å². The predicted molar refractivity (Wildman–Crippen MR) is 71.1 cm³/mol. The van der Waals surface area contributed by atoms with Gasteiger partial charge in [0.25, 0.3) is 0 Å². The Hall–Kier alpha value is -1.91. The van der Waals surface area contributed by atoms with E-state index in [1.54, 1.807) is 7.11 Å². The van der Waals surface area contributed by atoms with Gasteiger partial charge in [-0.15, -0.1) is 0 Å². The molecule has 0 aliphatic rings. The van der Waals surface area contributed by atoms with Crippen molar-refractivity contribution in [1.82, 2.24) is 10.4 Å². The van der Waals surface area contributed by atoms with Crippen LogP contribution in [0.3, 0.4) is 0 Å². The summed E-state index contributed by atoms with van der Waals surface area (Å²) in [4.78, 5) is 4.29. The number of nitrogens with one attached hydrogen (secondary N) is 1. The highest BCUT2D eigenvalue weighted by Gasteiger charge is 2.12. The fraction of sp³-hybridized carbons (Fsp3) is 0.214. The summed E-state index contributed by atoms with van der Waals surface area (Å²) in [5, 5.41) is 0. The van der Waals surface area contributed by atoms with Crippen LogP contribution in [0.15, 0.2) is 42.6 Å². The average Bonchev–Trinajstić information content (AvgIpc) is 2.42. The van der Waals surface area contributed by atoms with Crippen molar-refractivity contribution in [2.45, 2.75) is 13.0 Å². The maximum atomic E-state index is 5.64. The summed E-state index contributed by atoms with van der Waals surface area (Å²) in [6.45, 7) is 1.96. The van der Waals surface area contributed by atoms with Crippen molar-refractivity contribution in [3.63, 3.8) is 0 Å². The normalized spacial score (nSPS) is 12.2. The number of methoxy groups -OCH3 is 1. The number of hydrogen-bond donors (Lipinski definition) is 2. The zero-order chi connectivity index (χ0) is 13.0. The zero-order valence-electron chi connectivity index (χ0n) is 10.6. The van der Waals surface area contributed by atoms with Gasteiger partial charge in [-0.3, -0.25) is 10.8 Å². The lowest BCUT2D eigenvalue weighted by atomic mass is 10.0. The topological polar surface area (TPSA) is 60.2 Å². The molecule has 1 heterocycles. The predicted octanol–water partition coefficient (Wildman–Crippen LogP) is 1.95. The number of nitrogens with two attached hydrogens (primary N) is 1. The smallest absolute Gasteiger partial charge is 0.118 e. The van der Waals surface area contributed by atoms with Gasteiger partial charge in [0, 0.05) is 11.9 Å². The number of ether oxygens (including phenoxy) is 1. The molecule has 94 valence electrons. The Kier molecular flexibility index (Phi) is 3.92. The van der Waals surface area contributed by atoms with Gasteiger partial charge in [0.2, 0.25) is 0 Å². The van der Waals surface area contributed by atoms with E-state index >= 15 is 0 Å². The van der Waals surface area contributed by atoms with Crippen molar-refractivity contribution in [2.75, 3.05) is 7.11 Å². The average molecular weight is 243 g/mol. The summed E-state index contributed by atoms with van der Waals surface area (Å²) in [7, 11) is 1.65. The number of pyridine rings is 1. The molecular weight excluding hydrogens is 226 g/mol. The molecule has 0 saturated heterocycles. The summed E-state index contributed by atoms with van der Waals surface area (Å²) in [5.74, 6) is 6.47. The van der Waals surface area contributed by atoms with Crippen LogP contribution in [0.4, 0.5) is 0 Å². The van der Waals surface area contributed by atoms with Crippen LogP contribution in [-0.4, -0.2) is 12.1 Å². The third-order valence-electron chi connectivity index (χ3n) is 2.88. The van der Waals surface area contributed by atoms with Crippen molar-refractivity contribution in [2.24, 2.45) is 5.84 Å². The van der Waals surface area contributed by atoms with Crippen LogP contribution in [0.2, 0.25) is 0 Å². The molecule has 0 radical (unpaired) electrons. The van der Waals surface area contributed by atoms with E-state index in [4.69, 9.17) is 10.6 Å². The largest absolute Gasteiger partial charge is 0.497 e. The Balaban J connectivity index is 2.29. The molecule has 0 bridgehead atoms. The Morgan fingerprint density at radius 2 is 1.78 bits per heavy atom. The highest BCUT2D eigenvalue weighted by Crippen LogP contribution is 2.22. The van der Waals surface area contributed by atoms with E-state index in [0.29, 0.717) is 0 Å². The molecule has 0 amide bonds. The van der Waals surface area contributed by atoms with Crippen molar-refractivity contribution in [1.29, 1.82) is 0 Å². The van der Waals surface area contributed by atoms with Crippen LogP contribution < -0.4 is 16.0 Å². The number of hydrazine groups is 1. The lowest BCUT2D eigenvalue weighted by molar-refractivity contribution is 0.414. The Labute approximate surface area is 107 Å². The molecule has 18 heavy (non-hydrogen) atoms. The van der Waals surface area contributed by atoms with Gasteiger partial charge < -0.3 is 4.74 Å². The van der Waals surface area contributed by atoms with Crippen LogP contribution in [0, 0.1) is 6.92 Å². The van der Waals surface area contributed by atoms with E-state index in [1.165, 1.54) is 0 Å². The van der Waals surface area contributed by atoms with Gasteiger partial charge in [-0.25, -0.2) is 5.43 Å². The highest BCUT2D eigenvalue weighted by atomic mass is 16.5. The first kappa shape index (κ1) is 12.5. The standard InChI is InChI=1S/C14H17N3O/c1-10-3-4-12(9-16-10)14(17-15)11-5-7-13(18-2)8-6-11/h3-9,14,17H,15H2,1-2H3. The summed E-state index contributed by atoms with van der Waals surface area (Å²) in [5.41, 5.74) is 5.91. The molecule has 0 saturated carbocycles. The van der Waals surface area contributed by atoms with Crippen LogP contribution in [0.25, 0.3) is 0 Å². The van der Waals surface area contributed by atoms with Gasteiger partial charge in [0.15, 0.2) is 0 Å². The van der Waals surface area contributed by atoms with E-state index in [2.05, 4.69) is 10.4 Å². The first-order valence-electron chi connectivity index (χ1n) is 5.77. The minimum Gasteiger partial charge on any atom is -0.497 e. The van der Waals surface area contributed by atoms with Crippen molar-refractivity contribution < 1.29 is 4.74 Å². The van der Waals surface area contributed by atoms with Gasteiger partial charge in [-0.05, 0) is 36.2 Å². The van der Waals surface area contributed by atoms with Crippen LogP contribution >= 0.6 is 0 Å². The maximum absolute atomic E-state index is 5.64. The Morgan fingerprint density at radius 3 is 2.28 bits per heavy atom. The SMILES string of the molecule is COc1ccc(C(NN)c2ccc(C)nc2)cc1. The second-order valence-corrected chi connectivity index (χ2v) is 4.11. The van der Waals surface area contributed by atoms with E-state index in [9.17, 15) is 0 Å². The Bertz CT molecular complexity index is 493. The van der Waals surface area contributed by atoms with Gasteiger partial charge in [-0.2, -0.15) is 0 Å². The zero-order valence-corrected chi connectivity index (χ0v) is 10.6. The Morgan fingerprint density at radius 1 is 1.11 bits per heavy atom. The second kappa shape index (κ2) is 5.62. The lowest BCUT2D eigenvalue weighted by Crippen LogP contribution is -2.28. The minimum atomic E-state index is -0.0657. The molecule has 0 fully saturated rings. The molecule has 1 atom stereocenters. The number of rotatable bonds is 4. The summed E-state index contributed by atoms with van der Waals surface area (Å²) in [6, 6.07) is 11.7. The molecule has 3 N–H and O–H groups in total. The minimum absolute atomic E-state index is 0.0657. The molecule has 2 rings (SSSR count). The summed E-state index contributed by atoms with van der Waals surface area (Å²) >= 11 is 0. The fourth-order valence-corrected chi connectivity index (χ4v) is 1.83. The number of benzene rings is 1. The van der Waals surface area contributed by atoms with Gasteiger partial charge >= 0.3 is 0 Å². The van der Waals surface area contributed by atoms with Crippen molar-refractivity contribution in [3.8, 4) is 5.75 Å². The van der Waals surface area contributed by atoms with Crippen LogP contribution in [0.1, 0.15) is 22.9 Å². The molecule has 1 aromatic heterocycles. The molecular formula is C14H17N3O. The van der Waals surface area contributed by atoms with Crippen LogP contribution in [0.5, 0.6) is 5.75 Å². The molecule has 1 aromatic carbocycles. The van der Waals surface area contributed by atoms with Gasteiger partial charge in [0.05, 0.1) is 13.2 Å². The molecule has 1 unspecified atom stereocenters. The molecule has 0 aliphatic carbocycles. The third-order valence-corrected chi connectivity index (χ3v) is 2.88. The molecule has 4 nitrogen and oxygen atoms in total. The van der Waals surface area contributed by atoms with Crippen molar-refractivity contribution >= 4 is 0 Å². The lowest BCUT2D eigenvalue weighted by Gasteiger charge is -2.17. The fourth-order valence-electron chi connectivity index (χ4n) is 1.83. The molecule has 0 aliphatic heterocycles. The summed E-state index contributed by atoms with van der Waals surface area (Å²) in [6.07, 6.45) is 1.84. The molecule has 0 spiro atoms. The van der Waals surface area contributed by atoms with Crippen LogP contribution in [-0.2, 0) is 0 Å². The second-order valence-electron chi connectivity index (χ2n) is 4.11. The summed E-state index contributed by atoms with van der Waals surface area (Å²) < 4.78 is 5.14. The first-order chi connectivity index (χ1) is 8.74. The van der Waals surface area contributed by atoms with E-state index in [0.717, 1.165) is 22.6 Å². The van der Waals surface area contributed by atoms with Gasteiger partial charge in [-0.1, -0.05) is 18.2 Å². The first-order valence-corrected chi connectivity index (χ1v) is 5.77. The number of nitrogens with zero attached hydrogens (tertiary/aromatic N) is 1.